The first-order chi connectivity index (χ1) is 12.8. The van der Waals surface area contributed by atoms with E-state index in [0.717, 1.165) is 54.7 Å². The first kappa shape index (κ1) is 22.9. The van der Waals surface area contributed by atoms with E-state index in [4.69, 9.17) is 0 Å². The van der Waals surface area contributed by atoms with Gasteiger partial charge in [-0.3, -0.25) is 4.90 Å². The van der Waals surface area contributed by atoms with Crippen LogP contribution in [-0.2, 0) is 16.6 Å². The highest BCUT2D eigenvalue weighted by molar-refractivity contribution is 7.89. The van der Waals surface area contributed by atoms with Crippen molar-refractivity contribution in [3.63, 3.8) is 0 Å². The maximum atomic E-state index is 13.1. The zero-order valence-electron chi connectivity index (χ0n) is 17.2. The highest BCUT2D eigenvalue weighted by Gasteiger charge is 2.27. The van der Waals surface area contributed by atoms with Crippen molar-refractivity contribution in [2.24, 2.45) is 0 Å². The average molecular weight is 423 g/mol. The summed E-state index contributed by atoms with van der Waals surface area (Å²) in [5.41, 5.74) is 5.06. The molecule has 1 saturated heterocycles. The number of nitrogens with one attached hydrogen (secondary N) is 1. The van der Waals surface area contributed by atoms with E-state index < -0.39 is 10.0 Å². The third-order valence-corrected chi connectivity index (χ3v) is 7.52. The molecule has 1 fully saturated rings. The maximum Gasteiger partial charge on any atom is 0.241 e. The molecule has 0 spiro atoms. The van der Waals surface area contributed by atoms with Crippen LogP contribution in [0.15, 0.2) is 41.3 Å². The molecule has 1 N–H and O–H groups in total. The Balaban J connectivity index is 0.00000280. The van der Waals surface area contributed by atoms with Crippen LogP contribution < -0.4 is 4.72 Å². The van der Waals surface area contributed by atoms with Crippen molar-refractivity contribution < 1.29 is 8.42 Å². The van der Waals surface area contributed by atoms with E-state index in [-0.39, 0.29) is 18.4 Å². The molecule has 154 valence electrons. The van der Waals surface area contributed by atoms with Gasteiger partial charge in [-0.1, -0.05) is 36.4 Å². The number of benzene rings is 2. The van der Waals surface area contributed by atoms with Gasteiger partial charge in [-0.25, -0.2) is 13.1 Å². The molecule has 1 heterocycles. The van der Waals surface area contributed by atoms with Gasteiger partial charge in [0.15, 0.2) is 0 Å². The van der Waals surface area contributed by atoms with Gasteiger partial charge in [0.25, 0.3) is 0 Å². The lowest BCUT2D eigenvalue weighted by Gasteiger charge is -2.32. The number of hydrogen-bond acceptors (Lipinski definition) is 3. The fourth-order valence-corrected chi connectivity index (χ4v) is 5.83. The molecule has 0 amide bonds. The van der Waals surface area contributed by atoms with Crippen LogP contribution in [0.5, 0.6) is 0 Å². The lowest BCUT2D eigenvalue weighted by atomic mass is 10.0. The van der Waals surface area contributed by atoms with Crippen molar-refractivity contribution in [1.29, 1.82) is 0 Å². The maximum absolute atomic E-state index is 13.1. The average Bonchev–Trinajstić information content (AvgIpc) is 2.62. The Bertz CT molecular complexity index is 880. The van der Waals surface area contributed by atoms with Crippen molar-refractivity contribution >= 4 is 22.4 Å². The van der Waals surface area contributed by atoms with Crippen molar-refractivity contribution in [1.82, 2.24) is 9.62 Å². The van der Waals surface area contributed by atoms with Crippen LogP contribution in [0.1, 0.15) is 40.7 Å². The second-order valence-electron chi connectivity index (χ2n) is 7.75. The van der Waals surface area contributed by atoms with Gasteiger partial charge in [-0.15, -0.1) is 12.4 Å². The van der Waals surface area contributed by atoms with Crippen molar-refractivity contribution in [3.05, 3.63) is 64.2 Å². The molecule has 0 aromatic heterocycles. The molecule has 0 aliphatic carbocycles. The molecule has 3 rings (SSSR count). The summed E-state index contributed by atoms with van der Waals surface area (Å²) >= 11 is 0. The number of halogens is 1. The summed E-state index contributed by atoms with van der Waals surface area (Å²) in [5.74, 6) is 0. The van der Waals surface area contributed by atoms with Crippen LogP contribution in [0.25, 0.3) is 0 Å². The van der Waals surface area contributed by atoms with Gasteiger partial charge in [0, 0.05) is 25.7 Å². The summed E-state index contributed by atoms with van der Waals surface area (Å²) in [6, 6.07) is 12.5. The molecule has 0 atom stereocenters. The standard InChI is InChI=1S/C22H30N2O2S.ClH/c1-16-14-17(2)19(4)22(18(16)3)27(25,26)23-21-10-12-24(13-11-21)15-20-8-6-5-7-9-20;/h5-9,14,21,23H,10-13,15H2,1-4H3;1H. The molecule has 2 aromatic rings. The zero-order valence-corrected chi connectivity index (χ0v) is 18.8. The molecule has 0 radical (unpaired) electrons. The minimum atomic E-state index is -3.51. The molecular weight excluding hydrogens is 392 g/mol. The topological polar surface area (TPSA) is 49.4 Å². The SMILES string of the molecule is Cc1cc(C)c(C)c(S(=O)(=O)NC2CCN(Cc3ccccc3)CC2)c1C.Cl. The molecular formula is C22H31ClN2O2S. The first-order valence-corrected chi connectivity index (χ1v) is 11.1. The highest BCUT2D eigenvalue weighted by Crippen LogP contribution is 2.27. The van der Waals surface area contributed by atoms with Gasteiger partial charge in [-0.2, -0.15) is 0 Å². The van der Waals surface area contributed by atoms with Crippen LogP contribution >= 0.6 is 12.4 Å². The van der Waals surface area contributed by atoms with Crippen molar-refractivity contribution in [2.45, 2.75) is 58.0 Å². The number of aryl methyl sites for hydroxylation is 2. The summed E-state index contributed by atoms with van der Waals surface area (Å²) in [6.07, 6.45) is 1.68. The third kappa shape index (κ3) is 5.15. The number of rotatable bonds is 5. The van der Waals surface area contributed by atoms with E-state index in [1.807, 2.05) is 33.8 Å². The summed E-state index contributed by atoms with van der Waals surface area (Å²) in [4.78, 5) is 2.86. The van der Waals surface area contributed by atoms with Crippen LogP contribution in [0.2, 0.25) is 0 Å². The van der Waals surface area contributed by atoms with Crippen LogP contribution in [0, 0.1) is 27.7 Å². The number of hydrogen-bond donors (Lipinski definition) is 1. The number of likely N-dealkylation sites (tertiary alicyclic amines) is 1. The molecule has 1 aliphatic rings. The van der Waals surface area contributed by atoms with Gasteiger partial charge in [0.1, 0.15) is 0 Å². The molecule has 4 nitrogen and oxygen atoms in total. The molecule has 0 bridgehead atoms. The molecule has 0 saturated carbocycles. The predicted octanol–water partition coefficient (Wildman–Crippen LogP) is 4.28. The van der Waals surface area contributed by atoms with E-state index in [9.17, 15) is 8.42 Å². The Kier molecular flexibility index (Phi) is 7.68. The van der Waals surface area contributed by atoms with Gasteiger partial charge in [0.2, 0.25) is 10.0 Å². The van der Waals surface area contributed by atoms with Gasteiger partial charge >= 0.3 is 0 Å². The van der Waals surface area contributed by atoms with E-state index in [2.05, 4.69) is 40.0 Å². The van der Waals surface area contributed by atoms with Crippen LogP contribution in [0.4, 0.5) is 0 Å². The lowest BCUT2D eigenvalue weighted by Crippen LogP contribution is -2.44. The van der Waals surface area contributed by atoms with Crippen LogP contribution in [0.3, 0.4) is 0 Å². The minimum Gasteiger partial charge on any atom is -0.299 e. The number of nitrogens with zero attached hydrogens (tertiary/aromatic N) is 1. The van der Waals surface area contributed by atoms with E-state index in [1.165, 1.54) is 5.56 Å². The summed E-state index contributed by atoms with van der Waals surface area (Å²) in [6.45, 7) is 10.5. The van der Waals surface area contributed by atoms with Gasteiger partial charge < -0.3 is 0 Å². The number of piperidine rings is 1. The smallest absolute Gasteiger partial charge is 0.241 e. The van der Waals surface area contributed by atoms with Crippen molar-refractivity contribution in [3.8, 4) is 0 Å². The monoisotopic (exact) mass is 422 g/mol. The number of sulfonamides is 1. The summed E-state index contributed by atoms with van der Waals surface area (Å²) < 4.78 is 29.2. The predicted molar refractivity (Wildman–Crippen MR) is 118 cm³/mol. The summed E-state index contributed by atoms with van der Waals surface area (Å²) in [7, 11) is -3.51. The van der Waals surface area contributed by atoms with Crippen LogP contribution in [-0.4, -0.2) is 32.4 Å². The molecule has 6 heteroatoms. The Hall–Kier alpha value is -1.40. The minimum absolute atomic E-state index is 0. The lowest BCUT2D eigenvalue weighted by molar-refractivity contribution is 0.200. The Morgan fingerprint density at radius 3 is 2.04 bits per heavy atom. The van der Waals surface area contributed by atoms with E-state index in [0.29, 0.717) is 4.90 Å². The van der Waals surface area contributed by atoms with Gasteiger partial charge in [0.05, 0.1) is 4.90 Å². The Morgan fingerprint density at radius 2 is 1.50 bits per heavy atom. The van der Waals surface area contributed by atoms with Crippen molar-refractivity contribution in [2.75, 3.05) is 13.1 Å². The fourth-order valence-electron chi connectivity index (χ4n) is 3.91. The quantitative estimate of drug-likeness (QED) is 0.782. The van der Waals surface area contributed by atoms with E-state index in [1.54, 1.807) is 0 Å². The zero-order chi connectivity index (χ0) is 19.6. The largest absolute Gasteiger partial charge is 0.299 e. The fraction of sp³-hybridized carbons (Fsp3) is 0.455. The van der Waals surface area contributed by atoms with Gasteiger partial charge in [-0.05, 0) is 68.4 Å². The van der Waals surface area contributed by atoms with E-state index >= 15 is 0 Å². The third-order valence-electron chi connectivity index (χ3n) is 5.72. The Labute approximate surface area is 175 Å². The molecule has 1 aliphatic heterocycles. The molecule has 0 unspecified atom stereocenters. The highest BCUT2D eigenvalue weighted by atomic mass is 35.5. The normalized spacial score (nSPS) is 16.0. The summed E-state index contributed by atoms with van der Waals surface area (Å²) in [5, 5.41) is 0. The Morgan fingerprint density at radius 1 is 0.964 bits per heavy atom. The first-order valence-electron chi connectivity index (χ1n) is 9.64. The molecule has 28 heavy (non-hydrogen) atoms. The second kappa shape index (κ2) is 9.40. The molecule has 2 aromatic carbocycles. The second-order valence-corrected chi connectivity index (χ2v) is 9.40.